The van der Waals surface area contributed by atoms with Crippen LogP contribution in [0.2, 0.25) is 0 Å². The molecule has 0 atom stereocenters. The Hall–Kier alpha value is -6.56. The van der Waals surface area contributed by atoms with E-state index in [0.29, 0.717) is 25.7 Å². The molecule has 72 heavy (non-hydrogen) atoms. The molecular weight excluding hydrogens is 913 g/mol. The quantitative estimate of drug-likeness (QED) is 0.0108. The molecule has 386 valence electrons. The standard InChI is InChI=1S/C60H74O12/c1-5-9-13-17-21-33-51(61)43-37-39-53(69-55(63)35-23-19-15-11-7-3)49(41-43)57(65)45-29-25-27-31-47(45)59(67)71-72-60(68)48-32-28-26-30-46(48)58(66)50-42-44(52(62)34-22-18-14-10-6-2)38-40-54(50)70-56(64)36-24-20-16-12-8-4/h25-32,37-42H,5-24,33-36H2,1-4H3. The van der Waals surface area contributed by atoms with Crippen molar-refractivity contribution >= 4 is 47.0 Å². The van der Waals surface area contributed by atoms with Crippen molar-refractivity contribution in [1.82, 2.24) is 0 Å². The summed E-state index contributed by atoms with van der Waals surface area (Å²) in [6.45, 7) is 8.41. The molecule has 0 radical (unpaired) electrons. The summed E-state index contributed by atoms with van der Waals surface area (Å²) in [6, 6.07) is 19.9. The van der Waals surface area contributed by atoms with E-state index in [0.717, 1.165) is 103 Å². The number of Topliss-reactive ketones (excluding diaryl/α,β-unsaturated/α-hetero) is 2. The van der Waals surface area contributed by atoms with Gasteiger partial charge in [-0.2, -0.15) is 0 Å². The first-order valence-electron chi connectivity index (χ1n) is 26.4. The maximum Gasteiger partial charge on any atom is 0.387 e. The number of esters is 2. The van der Waals surface area contributed by atoms with Crippen LogP contribution in [0, 0.1) is 0 Å². The largest absolute Gasteiger partial charge is 0.426 e. The van der Waals surface area contributed by atoms with Crippen LogP contribution in [0.5, 0.6) is 11.5 Å². The van der Waals surface area contributed by atoms with Crippen LogP contribution in [0.25, 0.3) is 0 Å². The predicted octanol–water partition coefficient (Wildman–Crippen LogP) is 14.7. The summed E-state index contributed by atoms with van der Waals surface area (Å²) in [5.74, 6) is -5.59. The highest BCUT2D eigenvalue weighted by Crippen LogP contribution is 2.30. The van der Waals surface area contributed by atoms with E-state index in [-0.39, 0.29) is 93.3 Å². The summed E-state index contributed by atoms with van der Waals surface area (Å²) in [4.78, 5) is 119. The zero-order valence-corrected chi connectivity index (χ0v) is 43.0. The van der Waals surface area contributed by atoms with Crippen LogP contribution in [0.4, 0.5) is 0 Å². The van der Waals surface area contributed by atoms with E-state index in [1.54, 1.807) is 0 Å². The van der Waals surface area contributed by atoms with Gasteiger partial charge in [-0.1, -0.05) is 167 Å². The first kappa shape index (κ1) is 58.0. The van der Waals surface area contributed by atoms with E-state index < -0.39 is 35.4 Å². The monoisotopic (exact) mass is 987 g/mol. The van der Waals surface area contributed by atoms with Crippen LogP contribution in [0.1, 0.15) is 255 Å². The topological polar surface area (TPSA) is 173 Å². The Kier molecular flexibility index (Phi) is 26.1. The molecule has 0 saturated heterocycles. The molecular formula is C60H74O12. The first-order valence-corrected chi connectivity index (χ1v) is 26.4. The summed E-state index contributed by atoms with van der Waals surface area (Å²) in [6.07, 6.45) is 19.2. The van der Waals surface area contributed by atoms with Crippen molar-refractivity contribution in [3.05, 3.63) is 129 Å². The lowest BCUT2D eigenvalue weighted by molar-refractivity contribution is -0.187. The highest BCUT2D eigenvalue weighted by molar-refractivity contribution is 6.18. The molecule has 0 aliphatic carbocycles. The summed E-state index contributed by atoms with van der Waals surface area (Å²) in [5, 5.41) is 0. The molecule has 0 heterocycles. The van der Waals surface area contributed by atoms with Crippen molar-refractivity contribution in [1.29, 1.82) is 0 Å². The van der Waals surface area contributed by atoms with Crippen LogP contribution in [-0.4, -0.2) is 47.0 Å². The number of rotatable bonds is 34. The van der Waals surface area contributed by atoms with E-state index in [1.807, 2.05) is 0 Å². The second kappa shape index (κ2) is 32.4. The number of carbonyl (C=O) groups excluding carboxylic acids is 8. The zero-order chi connectivity index (χ0) is 52.1. The van der Waals surface area contributed by atoms with Crippen molar-refractivity contribution < 1.29 is 57.6 Å². The maximum absolute atomic E-state index is 14.5. The normalized spacial score (nSPS) is 10.9. The summed E-state index contributed by atoms with van der Waals surface area (Å²) in [7, 11) is 0. The average molecular weight is 987 g/mol. The fourth-order valence-electron chi connectivity index (χ4n) is 8.27. The van der Waals surface area contributed by atoms with Gasteiger partial charge >= 0.3 is 23.9 Å². The van der Waals surface area contributed by atoms with E-state index in [4.69, 9.17) is 19.2 Å². The van der Waals surface area contributed by atoms with Gasteiger partial charge in [-0.3, -0.25) is 28.8 Å². The molecule has 4 aromatic carbocycles. The minimum atomic E-state index is -1.23. The Morgan fingerprint density at radius 2 is 0.639 bits per heavy atom. The first-order chi connectivity index (χ1) is 34.9. The third-order valence-corrected chi connectivity index (χ3v) is 12.5. The lowest BCUT2D eigenvalue weighted by Gasteiger charge is -2.14. The van der Waals surface area contributed by atoms with E-state index in [1.165, 1.54) is 84.9 Å². The van der Waals surface area contributed by atoms with Crippen LogP contribution in [-0.2, 0) is 19.4 Å². The van der Waals surface area contributed by atoms with Gasteiger partial charge in [0.15, 0.2) is 23.1 Å². The summed E-state index contributed by atoms with van der Waals surface area (Å²) >= 11 is 0. The van der Waals surface area contributed by atoms with Gasteiger partial charge in [-0.05, 0) is 74.2 Å². The molecule has 12 nitrogen and oxygen atoms in total. The predicted molar refractivity (Wildman–Crippen MR) is 277 cm³/mol. The van der Waals surface area contributed by atoms with Gasteiger partial charge in [0.1, 0.15) is 11.5 Å². The molecule has 4 aromatic rings. The third kappa shape index (κ3) is 18.9. The molecule has 0 aliphatic heterocycles. The highest BCUT2D eigenvalue weighted by atomic mass is 17.2. The summed E-state index contributed by atoms with van der Waals surface area (Å²) < 4.78 is 11.4. The van der Waals surface area contributed by atoms with Gasteiger partial charge in [0.25, 0.3) is 0 Å². The smallest absolute Gasteiger partial charge is 0.387 e. The number of unbranched alkanes of at least 4 members (excludes halogenated alkanes) is 16. The maximum atomic E-state index is 14.5. The van der Waals surface area contributed by atoms with Crippen LogP contribution in [0.3, 0.4) is 0 Å². The van der Waals surface area contributed by atoms with Gasteiger partial charge in [-0.25, -0.2) is 19.4 Å². The molecule has 0 amide bonds. The van der Waals surface area contributed by atoms with Crippen LogP contribution >= 0.6 is 0 Å². The molecule has 12 heteroatoms. The van der Waals surface area contributed by atoms with Crippen molar-refractivity contribution in [3.63, 3.8) is 0 Å². The second-order valence-corrected chi connectivity index (χ2v) is 18.4. The minimum absolute atomic E-state index is 0.0772. The lowest BCUT2D eigenvalue weighted by Crippen LogP contribution is -2.19. The van der Waals surface area contributed by atoms with Crippen molar-refractivity contribution in [2.45, 2.75) is 182 Å². The molecule has 0 bridgehead atoms. The average Bonchev–Trinajstić information content (AvgIpc) is 3.39. The number of ether oxygens (including phenoxy) is 2. The third-order valence-electron chi connectivity index (χ3n) is 12.5. The van der Waals surface area contributed by atoms with Gasteiger partial charge in [0, 0.05) is 47.9 Å². The molecule has 0 aromatic heterocycles. The second-order valence-electron chi connectivity index (χ2n) is 18.4. The van der Waals surface area contributed by atoms with Gasteiger partial charge < -0.3 is 9.47 Å². The number of carbonyl (C=O) groups is 8. The van der Waals surface area contributed by atoms with E-state index >= 15 is 0 Å². The Balaban J connectivity index is 1.59. The summed E-state index contributed by atoms with van der Waals surface area (Å²) in [5.41, 5.74) is -0.726. The van der Waals surface area contributed by atoms with Crippen molar-refractivity contribution in [2.75, 3.05) is 0 Å². The van der Waals surface area contributed by atoms with Crippen molar-refractivity contribution in [3.8, 4) is 11.5 Å². The highest BCUT2D eigenvalue weighted by Gasteiger charge is 2.28. The van der Waals surface area contributed by atoms with Crippen molar-refractivity contribution in [2.24, 2.45) is 0 Å². The molecule has 4 rings (SSSR count). The van der Waals surface area contributed by atoms with Crippen LogP contribution in [0.15, 0.2) is 84.9 Å². The number of hydrogen-bond acceptors (Lipinski definition) is 12. The number of benzene rings is 4. The molecule has 0 spiro atoms. The Morgan fingerprint density at radius 3 is 0.972 bits per heavy atom. The van der Waals surface area contributed by atoms with Gasteiger partial charge in [0.05, 0.1) is 22.3 Å². The van der Waals surface area contributed by atoms with Crippen LogP contribution < -0.4 is 9.47 Å². The van der Waals surface area contributed by atoms with E-state index in [2.05, 4.69) is 27.7 Å². The Labute approximate surface area is 425 Å². The minimum Gasteiger partial charge on any atom is -0.426 e. The lowest BCUT2D eigenvalue weighted by atomic mass is 9.94. The van der Waals surface area contributed by atoms with E-state index in [9.17, 15) is 38.4 Å². The zero-order valence-electron chi connectivity index (χ0n) is 43.0. The molecule has 0 unspecified atom stereocenters. The fourth-order valence-corrected chi connectivity index (χ4v) is 8.27. The number of hydrogen-bond donors (Lipinski definition) is 0. The molecule has 0 fully saturated rings. The molecule has 0 N–H and O–H groups in total. The van der Waals surface area contributed by atoms with Gasteiger partial charge in [0.2, 0.25) is 0 Å². The molecule has 0 aliphatic rings. The van der Waals surface area contributed by atoms with Gasteiger partial charge in [-0.15, -0.1) is 0 Å². The Bertz CT molecular complexity index is 2280. The fraction of sp³-hybridized carbons (Fsp3) is 0.467. The number of ketones is 4. The Morgan fingerprint density at radius 1 is 0.333 bits per heavy atom. The molecule has 0 saturated carbocycles. The SMILES string of the molecule is CCCCCCCC(=O)Oc1ccc(C(=O)CCCCCCC)cc1C(=O)c1ccccc1C(=O)OOC(=O)c1ccccc1C(=O)c1cc(C(=O)CCCCCCC)ccc1OC(=O)CCCCCCC.